The van der Waals surface area contributed by atoms with E-state index in [0.717, 1.165) is 6.42 Å². The number of fused-ring (bicyclic) bond motifs is 1. The summed E-state index contributed by atoms with van der Waals surface area (Å²) in [5.74, 6) is 0. The minimum absolute atomic E-state index is 0.276. The van der Waals surface area contributed by atoms with Crippen molar-refractivity contribution < 1.29 is 0 Å². The normalized spacial score (nSPS) is 22.2. The van der Waals surface area contributed by atoms with Crippen molar-refractivity contribution in [3.63, 3.8) is 0 Å². The van der Waals surface area contributed by atoms with Gasteiger partial charge < -0.3 is 5.73 Å². The molecule has 0 aromatic heterocycles. The standard InChI is InChI=1S/C12H17N/c1-9-6-7-11-10(8-9)4-2-3-5-12(11)13/h6-8,12H,2-5,13H2,1H3. The third kappa shape index (κ3) is 1.75. The second-order valence-electron chi connectivity index (χ2n) is 4.05. The molecular weight excluding hydrogens is 158 g/mol. The summed E-state index contributed by atoms with van der Waals surface area (Å²) in [7, 11) is 0. The van der Waals surface area contributed by atoms with Crippen molar-refractivity contribution >= 4 is 0 Å². The van der Waals surface area contributed by atoms with E-state index in [4.69, 9.17) is 5.73 Å². The van der Waals surface area contributed by atoms with Crippen LogP contribution in [0.5, 0.6) is 0 Å². The highest BCUT2D eigenvalue weighted by Crippen LogP contribution is 2.27. The quantitative estimate of drug-likeness (QED) is 0.603. The van der Waals surface area contributed by atoms with E-state index in [2.05, 4.69) is 25.1 Å². The lowest BCUT2D eigenvalue weighted by Gasteiger charge is -2.12. The zero-order valence-electron chi connectivity index (χ0n) is 8.22. The first-order chi connectivity index (χ1) is 6.27. The Balaban J connectivity index is 2.42. The first-order valence-electron chi connectivity index (χ1n) is 5.12. The highest BCUT2D eigenvalue weighted by molar-refractivity contribution is 5.34. The molecule has 1 heteroatoms. The average Bonchev–Trinajstić information content (AvgIpc) is 2.28. The zero-order valence-corrected chi connectivity index (χ0v) is 8.22. The lowest BCUT2D eigenvalue weighted by molar-refractivity contribution is 0.615. The summed E-state index contributed by atoms with van der Waals surface area (Å²) < 4.78 is 0. The topological polar surface area (TPSA) is 26.0 Å². The van der Waals surface area contributed by atoms with Crippen molar-refractivity contribution in [2.24, 2.45) is 5.73 Å². The van der Waals surface area contributed by atoms with Crippen molar-refractivity contribution in [3.05, 3.63) is 34.9 Å². The molecule has 0 saturated heterocycles. The summed E-state index contributed by atoms with van der Waals surface area (Å²) in [5.41, 5.74) is 10.3. The SMILES string of the molecule is Cc1ccc2c(c1)CCCCC2N. The molecule has 0 saturated carbocycles. The number of hydrogen-bond donors (Lipinski definition) is 1. The number of hydrogen-bond acceptors (Lipinski definition) is 1. The lowest BCUT2D eigenvalue weighted by atomic mass is 9.98. The van der Waals surface area contributed by atoms with Crippen LogP contribution in [0, 0.1) is 6.92 Å². The molecule has 2 N–H and O–H groups in total. The Morgan fingerprint density at radius 2 is 2.15 bits per heavy atom. The Bertz CT molecular complexity index is 304. The molecule has 1 aromatic rings. The summed E-state index contributed by atoms with van der Waals surface area (Å²) in [6, 6.07) is 6.95. The Kier molecular flexibility index (Phi) is 2.36. The van der Waals surface area contributed by atoms with Crippen LogP contribution in [-0.2, 0) is 6.42 Å². The number of nitrogens with two attached hydrogens (primary N) is 1. The molecule has 0 spiro atoms. The van der Waals surface area contributed by atoms with Gasteiger partial charge in [0.15, 0.2) is 0 Å². The number of benzene rings is 1. The third-order valence-corrected chi connectivity index (χ3v) is 2.91. The molecule has 0 bridgehead atoms. The van der Waals surface area contributed by atoms with E-state index in [0.29, 0.717) is 0 Å². The molecule has 2 rings (SSSR count). The van der Waals surface area contributed by atoms with Crippen LogP contribution in [0.2, 0.25) is 0 Å². The summed E-state index contributed by atoms with van der Waals surface area (Å²) in [4.78, 5) is 0. The Morgan fingerprint density at radius 3 is 3.00 bits per heavy atom. The van der Waals surface area contributed by atoms with Crippen molar-refractivity contribution in [2.75, 3.05) is 0 Å². The molecule has 0 fully saturated rings. The van der Waals surface area contributed by atoms with E-state index in [-0.39, 0.29) is 6.04 Å². The predicted molar refractivity (Wildman–Crippen MR) is 55.7 cm³/mol. The maximum absolute atomic E-state index is 6.10. The van der Waals surface area contributed by atoms with Crippen molar-refractivity contribution in [3.8, 4) is 0 Å². The molecule has 0 amide bonds. The maximum atomic E-state index is 6.10. The van der Waals surface area contributed by atoms with Gasteiger partial charge in [0.25, 0.3) is 0 Å². The van der Waals surface area contributed by atoms with E-state index in [1.807, 2.05) is 0 Å². The fourth-order valence-corrected chi connectivity index (χ4v) is 2.15. The molecule has 0 heterocycles. The van der Waals surface area contributed by atoms with Gasteiger partial charge in [0.2, 0.25) is 0 Å². The van der Waals surface area contributed by atoms with Gasteiger partial charge in [-0.1, -0.05) is 30.2 Å². The van der Waals surface area contributed by atoms with E-state index in [1.165, 1.54) is 36.0 Å². The largest absolute Gasteiger partial charge is 0.324 e. The van der Waals surface area contributed by atoms with Gasteiger partial charge in [-0.3, -0.25) is 0 Å². The van der Waals surface area contributed by atoms with E-state index in [9.17, 15) is 0 Å². The number of aryl methyl sites for hydroxylation is 2. The summed E-state index contributed by atoms with van der Waals surface area (Å²) in [6.45, 7) is 2.15. The van der Waals surface area contributed by atoms with Gasteiger partial charge in [-0.15, -0.1) is 0 Å². The molecule has 1 aliphatic rings. The summed E-state index contributed by atoms with van der Waals surface area (Å²) >= 11 is 0. The average molecular weight is 175 g/mol. The van der Waals surface area contributed by atoms with E-state index >= 15 is 0 Å². The van der Waals surface area contributed by atoms with Gasteiger partial charge in [-0.25, -0.2) is 0 Å². The van der Waals surface area contributed by atoms with Gasteiger partial charge in [0.1, 0.15) is 0 Å². The second-order valence-corrected chi connectivity index (χ2v) is 4.05. The van der Waals surface area contributed by atoms with Gasteiger partial charge >= 0.3 is 0 Å². The molecule has 13 heavy (non-hydrogen) atoms. The molecule has 1 aromatic carbocycles. The Labute approximate surface area is 80.0 Å². The van der Waals surface area contributed by atoms with Crippen molar-refractivity contribution in [2.45, 2.75) is 38.6 Å². The van der Waals surface area contributed by atoms with Crippen LogP contribution in [0.4, 0.5) is 0 Å². The van der Waals surface area contributed by atoms with Crippen LogP contribution in [0.25, 0.3) is 0 Å². The first-order valence-corrected chi connectivity index (χ1v) is 5.12. The summed E-state index contributed by atoms with van der Waals surface area (Å²) in [6.07, 6.45) is 4.93. The van der Waals surface area contributed by atoms with E-state index in [1.54, 1.807) is 0 Å². The van der Waals surface area contributed by atoms with Crippen LogP contribution < -0.4 is 5.73 Å². The zero-order chi connectivity index (χ0) is 9.26. The maximum Gasteiger partial charge on any atom is 0.0297 e. The van der Waals surface area contributed by atoms with Crippen LogP contribution in [0.1, 0.15) is 42.0 Å². The monoisotopic (exact) mass is 175 g/mol. The van der Waals surface area contributed by atoms with Crippen LogP contribution in [-0.4, -0.2) is 0 Å². The molecule has 70 valence electrons. The van der Waals surface area contributed by atoms with Gasteiger partial charge in [0, 0.05) is 6.04 Å². The Hall–Kier alpha value is -0.820. The number of rotatable bonds is 0. The molecule has 1 atom stereocenters. The smallest absolute Gasteiger partial charge is 0.0297 e. The van der Waals surface area contributed by atoms with Crippen molar-refractivity contribution in [1.29, 1.82) is 0 Å². The molecule has 1 aliphatic carbocycles. The predicted octanol–water partition coefficient (Wildman–Crippen LogP) is 2.72. The molecule has 1 unspecified atom stereocenters. The minimum Gasteiger partial charge on any atom is -0.324 e. The molecule has 1 nitrogen and oxygen atoms in total. The van der Waals surface area contributed by atoms with Crippen molar-refractivity contribution in [1.82, 2.24) is 0 Å². The molecular formula is C12H17N. The van der Waals surface area contributed by atoms with Gasteiger partial charge in [0.05, 0.1) is 0 Å². The van der Waals surface area contributed by atoms with Gasteiger partial charge in [-0.2, -0.15) is 0 Å². The third-order valence-electron chi connectivity index (χ3n) is 2.91. The molecule has 0 aliphatic heterocycles. The van der Waals surface area contributed by atoms with Crippen LogP contribution in [0.15, 0.2) is 18.2 Å². The Morgan fingerprint density at radius 1 is 1.31 bits per heavy atom. The first kappa shape index (κ1) is 8.76. The van der Waals surface area contributed by atoms with Gasteiger partial charge in [-0.05, 0) is 37.3 Å². The van der Waals surface area contributed by atoms with E-state index < -0.39 is 0 Å². The fraction of sp³-hybridized carbons (Fsp3) is 0.500. The highest BCUT2D eigenvalue weighted by atomic mass is 14.6. The second kappa shape index (κ2) is 3.51. The van der Waals surface area contributed by atoms with Crippen LogP contribution >= 0.6 is 0 Å². The fourth-order valence-electron chi connectivity index (χ4n) is 2.15. The summed E-state index contributed by atoms with van der Waals surface area (Å²) in [5, 5.41) is 0. The highest BCUT2D eigenvalue weighted by Gasteiger charge is 2.14. The lowest BCUT2D eigenvalue weighted by Crippen LogP contribution is -2.10. The minimum atomic E-state index is 0.276. The molecule has 0 radical (unpaired) electrons. The van der Waals surface area contributed by atoms with Crippen LogP contribution in [0.3, 0.4) is 0 Å².